The van der Waals surface area contributed by atoms with Crippen LogP contribution in [-0.4, -0.2) is 44.0 Å². The van der Waals surface area contributed by atoms with E-state index in [4.69, 9.17) is 5.11 Å². The van der Waals surface area contributed by atoms with Crippen molar-refractivity contribution in [2.24, 2.45) is 12.1 Å². The van der Waals surface area contributed by atoms with Gasteiger partial charge >= 0.3 is 5.97 Å². The van der Waals surface area contributed by atoms with Crippen LogP contribution >= 0.6 is 0 Å². The Hall–Kier alpha value is -2.18. The molecule has 1 aliphatic rings. The van der Waals surface area contributed by atoms with Crippen LogP contribution in [0.25, 0.3) is 0 Å². The number of amides is 1. The molecule has 0 aromatic carbocycles. The lowest BCUT2D eigenvalue weighted by Crippen LogP contribution is -2.27. The van der Waals surface area contributed by atoms with Crippen LogP contribution in [0.3, 0.4) is 0 Å². The smallest absolute Gasteiger partial charge is 0.325 e. The lowest BCUT2D eigenvalue weighted by molar-refractivity contribution is -0.143. The molecule has 7 heteroatoms. The number of hydrogen-bond donors (Lipinski definition) is 1. The highest BCUT2D eigenvalue weighted by Gasteiger charge is 2.26. The van der Waals surface area contributed by atoms with Gasteiger partial charge in [-0.1, -0.05) is 0 Å². The minimum Gasteiger partial charge on any atom is -0.480 e. The number of nitrogens with zero attached hydrogens (tertiary/aromatic N) is 4. The second-order valence-electron chi connectivity index (χ2n) is 3.47. The minimum absolute atomic E-state index is 0.124. The summed E-state index contributed by atoms with van der Waals surface area (Å²) >= 11 is 0. The zero-order valence-electron chi connectivity index (χ0n) is 8.62. The number of rotatable bonds is 3. The average molecular weight is 222 g/mol. The number of hydrazone groups is 1. The van der Waals surface area contributed by atoms with Crippen LogP contribution < -0.4 is 0 Å². The van der Waals surface area contributed by atoms with Crippen molar-refractivity contribution in [2.45, 2.75) is 6.42 Å². The summed E-state index contributed by atoms with van der Waals surface area (Å²) in [7, 11) is 1.76. The Morgan fingerprint density at radius 3 is 2.94 bits per heavy atom. The molecule has 2 rings (SSSR count). The van der Waals surface area contributed by atoms with Gasteiger partial charge in [-0.15, -0.1) is 0 Å². The van der Waals surface area contributed by atoms with Gasteiger partial charge in [0.15, 0.2) is 0 Å². The standard InChI is InChI=1S/C9H10N4O3/c1-12-4-6(3-10-12)7-2-8(14)13(11-7)5-9(15)16/h3-4H,2,5H2,1H3,(H,15,16). The van der Waals surface area contributed by atoms with E-state index in [0.29, 0.717) is 5.71 Å². The van der Waals surface area contributed by atoms with Gasteiger partial charge in [0.05, 0.1) is 18.3 Å². The number of aromatic nitrogens is 2. The van der Waals surface area contributed by atoms with Crippen LogP contribution in [0.4, 0.5) is 0 Å². The van der Waals surface area contributed by atoms with Crippen molar-refractivity contribution in [1.82, 2.24) is 14.8 Å². The van der Waals surface area contributed by atoms with Gasteiger partial charge in [0, 0.05) is 18.8 Å². The summed E-state index contributed by atoms with van der Waals surface area (Å²) < 4.78 is 1.60. The monoisotopic (exact) mass is 222 g/mol. The maximum Gasteiger partial charge on any atom is 0.325 e. The predicted octanol–water partition coefficient (Wildman–Crippen LogP) is -0.559. The first-order valence-electron chi connectivity index (χ1n) is 4.65. The second-order valence-corrected chi connectivity index (χ2v) is 3.47. The molecule has 0 saturated heterocycles. The zero-order chi connectivity index (χ0) is 11.7. The van der Waals surface area contributed by atoms with Gasteiger partial charge in [-0.25, -0.2) is 5.01 Å². The van der Waals surface area contributed by atoms with Gasteiger partial charge in [-0.3, -0.25) is 14.3 Å². The molecule has 0 atom stereocenters. The Morgan fingerprint density at radius 1 is 1.62 bits per heavy atom. The van der Waals surface area contributed by atoms with Crippen LogP contribution in [0.15, 0.2) is 17.5 Å². The van der Waals surface area contributed by atoms with E-state index in [0.717, 1.165) is 10.6 Å². The molecule has 1 aromatic rings. The molecule has 1 N–H and O–H groups in total. The number of carboxylic acids is 1. The summed E-state index contributed by atoms with van der Waals surface area (Å²) in [5.74, 6) is -1.38. The van der Waals surface area contributed by atoms with E-state index in [2.05, 4.69) is 10.2 Å². The largest absolute Gasteiger partial charge is 0.480 e. The first-order chi connectivity index (χ1) is 7.56. The summed E-state index contributed by atoms with van der Waals surface area (Å²) in [5.41, 5.74) is 1.29. The van der Waals surface area contributed by atoms with Crippen molar-refractivity contribution >= 4 is 17.6 Å². The highest BCUT2D eigenvalue weighted by Crippen LogP contribution is 2.13. The first-order valence-corrected chi connectivity index (χ1v) is 4.65. The highest BCUT2D eigenvalue weighted by atomic mass is 16.4. The van der Waals surface area contributed by atoms with E-state index in [1.807, 2.05) is 0 Å². The minimum atomic E-state index is -1.08. The van der Waals surface area contributed by atoms with Crippen molar-refractivity contribution in [3.05, 3.63) is 18.0 Å². The molecule has 1 amide bonds. The Labute approximate surface area is 91.0 Å². The molecule has 2 heterocycles. The van der Waals surface area contributed by atoms with E-state index in [1.54, 1.807) is 24.1 Å². The van der Waals surface area contributed by atoms with Gasteiger partial charge in [0.2, 0.25) is 5.91 Å². The SMILES string of the molecule is Cn1cc(C2=NN(CC(=O)O)C(=O)C2)cn1. The number of carboxylic acid groups (broad SMARTS) is 1. The van der Waals surface area contributed by atoms with Crippen LogP contribution in [-0.2, 0) is 16.6 Å². The molecule has 0 aliphatic carbocycles. The lowest BCUT2D eigenvalue weighted by atomic mass is 10.2. The number of aryl methyl sites for hydroxylation is 1. The Bertz CT molecular complexity index is 477. The predicted molar refractivity (Wildman–Crippen MR) is 53.7 cm³/mol. The van der Waals surface area contributed by atoms with Gasteiger partial charge in [0.25, 0.3) is 0 Å². The third-order valence-electron chi connectivity index (χ3n) is 2.17. The molecule has 0 radical (unpaired) electrons. The fraction of sp³-hybridized carbons (Fsp3) is 0.333. The normalized spacial score (nSPS) is 15.4. The molecule has 16 heavy (non-hydrogen) atoms. The van der Waals surface area contributed by atoms with Crippen LogP contribution in [0, 0.1) is 0 Å². The fourth-order valence-corrected chi connectivity index (χ4v) is 1.45. The number of carbonyl (C=O) groups is 2. The number of carbonyl (C=O) groups excluding carboxylic acids is 1. The molecule has 0 unspecified atom stereocenters. The lowest BCUT2D eigenvalue weighted by Gasteiger charge is -2.06. The summed E-state index contributed by atoms with van der Waals surface area (Å²) in [6.45, 7) is -0.400. The highest BCUT2D eigenvalue weighted by molar-refractivity contribution is 6.13. The van der Waals surface area contributed by atoms with E-state index in [9.17, 15) is 9.59 Å². The Kier molecular flexibility index (Phi) is 2.43. The van der Waals surface area contributed by atoms with E-state index < -0.39 is 12.5 Å². The van der Waals surface area contributed by atoms with Gasteiger partial charge < -0.3 is 5.11 Å². The molecule has 0 saturated carbocycles. The summed E-state index contributed by atoms with van der Waals surface area (Å²) in [6.07, 6.45) is 3.45. The van der Waals surface area contributed by atoms with Crippen molar-refractivity contribution in [2.75, 3.05) is 6.54 Å². The molecule has 0 spiro atoms. The molecule has 84 valence electrons. The molecule has 1 aliphatic heterocycles. The van der Waals surface area contributed by atoms with Crippen LogP contribution in [0.5, 0.6) is 0 Å². The van der Waals surface area contributed by atoms with Crippen molar-refractivity contribution in [3.63, 3.8) is 0 Å². The maximum absolute atomic E-state index is 11.4. The van der Waals surface area contributed by atoms with E-state index >= 15 is 0 Å². The summed E-state index contributed by atoms with van der Waals surface area (Å²) in [6, 6.07) is 0. The van der Waals surface area contributed by atoms with Crippen molar-refractivity contribution < 1.29 is 14.7 Å². The van der Waals surface area contributed by atoms with Crippen molar-refractivity contribution in [1.29, 1.82) is 0 Å². The molecule has 0 fully saturated rings. The van der Waals surface area contributed by atoms with Gasteiger partial charge in [0.1, 0.15) is 6.54 Å². The molecule has 0 bridgehead atoms. The van der Waals surface area contributed by atoms with Crippen LogP contribution in [0.2, 0.25) is 0 Å². The Morgan fingerprint density at radius 2 is 2.38 bits per heavy atom. The average Bonchev–Trinajstić information content (AvgIpc) is 2.74. The summed E-state index contributed by atoms with van der Waals surface area (Å²) in [5, 5.41) is 17.5. The van der Waals surface area contributed by atoms with E-state index in [1.165, 1.54) is 0 Å². The van der Waals surface area contributed by atoms with Crippen molar-refractivity contribution in [3.8, 4) is 0 Å². The number of aliphatic carboxylic acids is 1. The third-order valence-corrected chi connectivity index (χ3v) is 2.17. The van der Waals surface area contributed by atoms with Crippen LogP contribution in [0.1, 0.15) is 12.0 Å². The number of hydrogen-bond acceptors (Lipinski definition) is 4. The Balaban J connectivity index is 2.19. The molecule has 1 aromatic heterocycles. The molecule has 7 nitrogen and oxygen atoms in total. The van der Waals surface area contributed by atoms with Gasteiger partial charge in [-0.05, 0) is 0 Å². The molecular formula is C9H10N4O3. The fourth-order valence-electron chi connectivity index (χ4n) is 1.45. The van der Waals surface area contributed by atoms with E-state index in [-0.39, 0.29) is 12.3 Å². The van der Waals surface area contributed by atoms with Gasteiger partial charge in [-0.2, -0.15) is 10.2 Å². The topological polar surface area (TPSA) is 87.8 Å². The quantitative estimate of drug-likeness (QED) is 0.742. The third kappa shape index (κ3) is 1.92. The summed E-state index contributed by atoms with van der Waals surface area (Å²) in [4.78, 5) is 21.9. The molecular weight excluding hydrogens is 212 g/mol. The second kappa shape index (κ2) is 3.76. The maximum atomic E-state index is 11.4. The first kappa shape index (κ1) is 10.3. The zero-order valence-corrected chi connectivity index (χ0v) is 8.62.